The second-order valence-corrected chi connectivity index (χ2v) is 5.25. The number of aromatic nitrogens is 2. The molecule has 0 aliphatic carbocycles. The van der Waals surface area contributed by atoms with Gasteiger partial charge in [-0.25, -0.2) is 0 Å². The molecule has 0 aliphatic heterocycles. The van der Waals surface area contributed by atoms with Gasteiger partial charge in [-0.05, 0) is 20.8 Å². The average Bonchev–Trinajstić information content (AvgIpc) is 2.56. The third-order valence-corrected chi connectivity index (χ3v) is 2.13. The van der Waals surface area contributed by atoms with Gasteiger partial charge in [0.05, 0.1) is 6.20 Å². The van der Waals surface area contributed by atoms with Crippen LogP contribution in [0.15, 0.2) is 12.4 Å². The van der Waals surface area contributed by atoms with Gasteiger partial charge in [-0.1, -0.05) is 0 Å². The van der Waals surface area contributed by atoms with E-state index in [1.54, 1.807) is 4.68 Å². The Balaban J connectivity index is 2.14. The zero-order chi connectivity index (χ0) is 12.9. The fourth-order valence-corrected chi connectivity index (χ4v) is 1.48. The van der Waals surface area contributed by atoms with Crippen LogP contribution >= 0.6 is 0 Å². The van der Waals surface area contributed by atoms with Crippen molar-refractivity contribution >= 4 is 5.91 Å². The lowest BCUT2D eigenvalue weighted by molar-refractivity contribution is -0.122. The summed E-state index contributed by atoms with van der Waals surface area (Å²) in [6.07, 6.45) is 4.28. The monoisotopic (exact) mass is 238 g/mol. The predicted octanol–water partition coefficient (Wildman–Crippen LogP) is 0.814. The summed E-state index contributed by atoms with van der Waals surface area (Å²) in [6, 6.07) is 0. The van der Waals surface area contributed by atoms with Crippen molar-refractivity contribution in [2.24, 2.45) is 7.05 Å². The second-order valence-electron chi connectivity index (χ2n) is 5.25. The van der Waals surface area contributed by atoms with Gasteiger partial charge < -0.3 is 10.6 Å². The first-order chi connectivity index (χ1) is 7.87. The molecule has 1 rings (SSSR count). The standard InChI is InChI=1S/C12H22N4O/c1-12(2,3)15-11(17)5-6-13-7-10-8-14-16(4)9-10/h8-9,13H,5-7H2,1-4H3,(H,15,17). The molecular formula is C12H22N4O. The Hall–Kier alpha value is -1.36. The summed E-state index contributed by atoms with van der Waals surface area (Å²) in [5.41, 5.74) is 0.976. The minimum Gasteiger partial charge on any atom is -0.351 e. The van der Waals surface area contributed by atoms with Gasteiger partial charge in [-0.3, -0.25) is 9.48 Å². The number of hydrogen-bond acceptors (Lipinski definition) is 3. The number of carbonyl (C=O) groups is 1. The summed E-state index contributed by atoms with van der Waals surface area (Å²) in [5.74, 6) is 0.0798. The van der Waals surface area contributed by atoms with Gasteiger partial charge in [-0.15, -0.1) is 0 Å². The van der Waals surface area contributed by atoms with Crippen molar-refractivity contribution in [1.82, 2.24) is 20.4 Å². The number of carbonyl (C=O) groups excluding carboxylic acids is 1. The maximum atomic E-state index is 11.5. The Labute approximate surface area is 103 Å². The van der Waals surface area contributed by atoms with Crippen LogP contribution in [0, 0.1) is 0 Å². The lowest BCUT2D eigenvalue weighted by atomic mass is 10.1. The molecule has 0 radical (unpaired) electrons. The summed E-state index contributed by atoms with van der Waals surface area (Å²) in [5, 5.41) is 10.2. The van der Waals surface area contributed by atoms with Gasteiger partial charge in [0.2, 0.25) is 5.91 Å². The molecule has 0 fully saturated rings. The van der Waals surface area contributed by atoms with Crippen molar-refractivity contribution in [1.29, 1.82) is 0 Å². The van der Waals surface area contributed by atoms with Crippen LogP contribution in [0.1, 0.15) is 32.8 Å². The molecule has 0 aromatic carbocycles. The number of rotatable bonds is 5. The van der Waals surface area contributed by atoms with Crippen LogP contribution in [0.5, 0.6) is 0 Å². The van der Waals surface area contributed by atoms with Crippen molar-refractivity contribution in [2.75, 3.05) is 6.54 Å². The normalized spacial score (nSPS) is 11.5. The lowest BCUT2D eigenvalue weighted by Crippen LogP contribution is -2.41. The number of nitrogens with one attached hydrogen (secondary N) is 2. The van der Waals surface area contributed by atoms with E-state index in [4.69, 9.17) is 0 Å². The fraction of sp³-hybridized carbons (Fsp3) is 0.667. The second kappa shape index (κ2) is 5.82. The smallest absolute Gasteiger partial charge is 0.221 e. The van der Waals surface area contributed by atoms with Gasteiger partial charge in [0, 0.05) is 43.9 Å². The molecule has 0 atom stereocenters. The van der Waals surface area contributed by atoms with Crippen molar-refractivity contribution in [3.05, 3.63) is 18.0 Å². The highest BCUT2D eigenvalue weighted by Gasteiger charge is 2.12. The van der Waals surface area contributed by atoms with Crippen LogP contribution in [0.25, 0.3) is 0 Å². The van der Waals surface area contributed by atoms with Crippen molar-refractivity contribution in [2.45, 2.75) is 39.3 Å². The van der Waals surface area contributed by atoms with Crippen LogP contribution in [-0.4, -0.2) is 27.8 Å². The molecule has 1 aromatic rings. The third kappa shape index (κ3) is 6.06. The maximum absolute atomic E-state index is 11.5. The van der Waals surface area contributed by atoms with E-state index in [1.165, 1.54) is 0 Å². The largest absolute Gasteiger partial charge is 0.351 e. The van der Waals surface area contributed by atoms with Crippen LogP contribution in [0.2, 0.25) is 0 Å². The topological polar surface area (TPSA) is 59.0 Å². The lowest BCUT2D eigenvalue weighted by Gasteiger charge is -2.20. The van der Waals surface area contributed by atoms with E-state index in [-0.39, 0.29) is 11.4 Å². The Bertz CT molecular complexity index is 365. The maximum Gasteiger partial charge on any atom is 0.221 e. The van der Waals surface area contributed by atoms with Crippen molar-refractivity contribution < 1.29 is 4.79 Å². The molecule has 0 saturated heterocycles. The molecule has 0 unspecified atom stereocenters. The molecule has 0 aliphatic rings. The predicted molar refractivity (Wildman–Crippen MR) is 67.4 cm³/mol. The molecule has 1 amide bonds. The molecule has 5 nitrogen and oxygen atoms in total. The van der Waals surface area contributed by atoms with E-state index in [1.807, 2.05) is 40.2 Å². The minimum atomic E-state index is -0.152. The quantitative estimate of drug-likeness (QED) is 0.746. The highest BCUT2D eigenvalue weighted by Crippen LogP contribution is 1.99. The van der Waals surface area contributed by atoms with Crippen molar-refractivity contribution in [3.63, 3.8) is 0 Å². The van der Waals surface area contributed by atoms with E-state index in [0.717, 1.165) is 12.1 Å². The molecule has 2 N–H and O–H groups in total. The number of aryl methyl sites for hydroxylation is 1. The molecule has 17 heavy (non-hydrogen) atoms. The first kappa shape index (κ1) is 13.7. The van der Waals surface area contributed by atoms with Crippen molar-refractivity contribution in [3.8, 4) is 0 Å². The van der Waals surface area contributed by atoms with Crippen LogP contribution in [0.3, 0.4) is 0 Å². The Kier molecular flexibility index (Phi) is 4.69. The van der Waals surface area contributed by atoms with E-state index >= 15 is 0 Å². The molecular weight excluding hydrogens is 216 g/mol. The number of hydrogen-bond donors (Lipinski definition) is 2. The van der Waals surface area contributed by atoms with Crippen LogP contribution < -0.4 is 10.6 Å². The first-order valence-electron chi connectivity index (χ1n) is 5.86. The summed E-state index contributed by atoms with van der Waals surface area (Å²) in [7, 11) is 1.89. The van der Waals surface area contributed by atoms with Crippen LogP contribution in [0.4, 0.5) is 0 Å². The van der Waals surface area contributed by atoms with Gasteiger partial charge in [0.15, 0.2) is 0 Å². The molecule has 1 heterocycles. The zero-order valence-electron chi connectivity index (χ0n) is 11.1. The summed E-state index contributed by atoms with van der Waals surface area (Å²) >= 11 is 0. The SMILES string of the molecule is Cn1cc(CNCCC(=O)NC(C)(C)C)cn1. The molecule has 0 saturated carbocycles. The fourth-order valence-electron chi connectivity index (χ4n) is 1.48. The molecule has 1 aromatic heterocycles. The molecule has 96 valence electrons. The highest BCUT2D eigenvalue weighted by molar-refractivity contribution is 5.76. The van der Waals surface area contributed by atoms with E-state index < -0.39 is 0 Å². The third-order valence-electron chi connectivity index (χ3n) is 2.13. The minimum absolute atomic E-state index is 0.0798. The number of nitrogens with zero attached hydrogens (tertiary/aromatic N) is 2. The van der Waals surface area contributed by atoms with E-state index in [9.17, 15) is 4.79 Å². The van der Waals surface area contributed by atoms with Gasteiger partial charge in [0.25, 0.3) is 0 Å². The van der Waals surface area contributed by atoms with E-state index in [0.29, 0.717) is 13.0 Å². The van der Waals surface area contributed by atoms with E-state index in [2.05, 4.69) is 15.7 Å². The van der Waals surface area contributed by atoms with Gasteiger partial charge in [-0.2, -0.15) is 5.10 Å². The van der Waals surface area contributed by atoms with Gasteiger partial charge in [0.1, 0.15) is 0 Å². The summed E-state index contributed by atoms with van der Waals surface area (Å²) < 4.78 is 1.77. The molecule has 0 bridgehead atoms. The molecule has 5 heteroatoms. The average molecular weight is 238 g/mol. The number of amides is 1. The molecule has 0 spiro atoms. The Morgan fingerprint density at radius 1 is 1.47 bits per heavy atom. The Morgan fingerprint density at radius 2 is 2.18 bits per heavy atom. The van der Waals surface area contributed by atoms with Gasteiger partial charge >= 0.3 is 0 Å². The Morgan fingerprint density at radius 3 is 2.71 bits per heavy atom. The zero-order valence-corrected chi connectivity index (χ0v) is 11.1. The summed E-state index contributed by atoms with van der Waals surface area (Å²) in [6.45, 7) is 7.36. The highest BCUT2D eigenvalue weighted by atomic mass is 16.1. The first-order valence-corrected chi connectivity index (χ1v) is 5.86. The van der Waals surface area contributed by atoms with Crippen LogP contribution in [-0.2, 0) is 18.4 Å². The summed E-state index contributed by atoms with van der Waals surface area (Å²) in [4.78, 5) is 11.5.